The fourth-order valence-electron chi connectivity index (χ4n) is 4.82. The van der Waals surface area contributed by atoms with Gasteiger partial charge in [0.2, 0.25) is 0 Å². The molecule has 29 heavy (non-hydrogen) atoms. The Labute approximate surface area is 178 Å². The molecule has 166 valence electrons. The second-order valence-corrected chi connectivity index (χ2v) is 10.2. The Morgan fingerprint density at radius 1 is 1.34 bits per heavy atom. The smallest absolute Gasteiger partial charge is 0.311 e. The van der Waals surface area contributed by atoms with Gasteiger partial charge in [0.15, 0.2) is 0 Å². The van der Waals surface area contributed by atoms with Gasteiger partial charge in [-0.3, -0.25) is 4.79 Å². The molecule has 2 aliphatic rings. The Morgan fingerprint density at radius 2 is 2.07 bits per heavy atom. The summed E-state index contributed by atoms with van der Waals surface area (Å²) >= 11 is 0. The van der Waals surface area contributed by atoms with E-state index in [9.17, 15) is 4.79 Å². The van der Waals surface area contributed by atoms with Crippen LogP contribution in [0.5, 0.6) is 0 Å². The summed E-state index contributed by atoms with van der Waals surface area (Å²) < 4.78 is 4.81. The number of ether oxygens (including phenoxy) is 1. The van der Waals surface area contributed by atoms with Crippen molar-refractivity contribution in [3.8, 4) is 0 Å². The first-order chi connectivity index (χ1) is 13.6. The number of hydrogen-bond donors (Lipinski definition) is 0. The van der Waals surface area contributed by atoms with Crippen LogP contribution >= 0.6 is 0 Å². The Bertz CT molecular complexity index is 608. The minimum Gasteiger partial charge on any atom is -0.469 e. The summed E-state index contributed by atoms with van der Waals surface area (Å²) in [6, 6.07) is 0. The fourth-order valence-corrected chi connectivity index (χ4v) is 4.82. The van der Waals surface area contributed by atoms with Crippen molar-refractivity contribution in [3.05, 3.63) is 23.3 Å². The minimum atomic E-state index is -0.295. The predicted molar refractivity (Wildman–Crippen MR) is 117 cm³/mol. The van der Waals surface area contributed by atoms with Gasteiger partial charge in [-0.1, -0.05) is 37.1 Å². The molecule has 0 radical (unpaired) electrons. The van der Waals surface area contributed by atoms with Crippen LogP contribution in [-0.4, -0.2) is 24.8 Å². The number of carbonyl (C=O) groups is 1. The highest BCUT2D eigenvalue weighted by atomic mass is 17.2. The van der Waals surface area contributed by atoms with Gasteiger partial charge in [0.05, 0.1) is 13.0 Å². The van der Waals surface area contributed by atoms with Gasteiger partial charge in [0.25, 0.3) is 0 Å². The van der Waals surface area contributed by atoms with E-state index in [4.69, 9.17) is 14.5 Å². The lowest BCUT2D eigenvalue weighted by Gasteiger charge is -2.38. The van der Waals surface area contributed by atoms with E-state index < -0.39 is 0 Å². The molecule has 0 saturated carbocycles. The van der Waals surface area contributed by atoms with Gasteiger partial charge in [-0.25, -0.2) is 9.78 Å². The number of allylic oxidation sites excluding steroid dienone is 4. The summed E-state index contributed by atoms with van der Waals surface area (Å²) in [4.78, 5) is 23.0. The van der Waals surface area contributed by atoms with Gasteiger partial charge in [-0.05, 0) is 90.4 Å². The maximum atomic E-state index is 11.7. The van der Waals surface area contributed by atoms with Crippen molar-refractivity contribution in [2.75, 3.05) is 7.11 Å². The predicted octanol–water partition coefficient (Wildman–Crippen LogP) is 6.55. The second-order valence-electron chi connectivity index (χ2n) is 10.2. The van der Waals surface area contributed by atoms with Gasteiger partial charge in [-0.15, -0.1) is 0 Å². The van der Waals surface area contributed by atoms with Crippen LogP contribution in [0.3, 0.4) is 0 Å². The molecular weight excluding hydrogens is 364 g/mol. The summed E-state index contributed by atoms with van der Waals surface area (Å²) in [5, 5.41) is 0. The minimum absolute atomic E-state index is 0.215. The summed E-state index contributed by atoms with van der Waals surface area (Å²) in [5.74, 6) is 0.123. The van der Waals surface area contributed by atoms with Gasteiger partial charge in [0, 0.05) is 0 Å². The SMILES string of the molecule is COC(=O)C(C)C1CCC(C)(CCCC(C)=CCC2C(C)=CCCC2(C)C)OO1. The van der Waals surface area contributed by atoms with E-state index >= 15 is 0 Å². The molecular formula is C25H42O4. The maximum absolute atomic E-state index is 11.7. The van der Waals surface area contributed by atoms with Crippen molar-refractivity contribution in [1.82, 2.24) is 0 Å². The van der Waals surface area contributed by atoms with Crippen molar-refractivity contribution >= 4 is 5.97 Å². The summed E-state index contributed by atoms with van der Waals surface area (Å²) in [6.45, 7) is 13.3. The Morgan fingerprint density at radius 3 is 2.66 bits per heavy atom. The van der Waals surface area contributed by atoms with E-state index in [1.807, 2.05) is 6.92 Å². The van der Waals surface area contributed by atoms with E-state index in [0.29, 0.717) is 11.3 Å². The van der Waals surface area contributed by atoms with Crippen molar-refractivity contribution < 1.29 is 19.3 Å². The van der Waals surface area contributed by atoms with E-state index in [2.05, 4.69) is 46.8 Å². The Kier molecular flexibility index (Phi) is 8.54. The number of hydrogen-bond acceptors (Lipinski definition) is 4. The summed E-state index contributed by atoms with van der Waals surface area (Å²) in [6.07, 6.45) is 13.2. The van der Waals surface area contributed by atoms with Gasteiger partial charge in [0.1, 0.15) is 11.7 Å². The molecule has 0 spiro atoms. The molecule has 1 fully saturated rings. The molecule has 4 nitrogen and oxygen atoms in total. The van der Waals surface area contributed by atoms with Crippen LogP contribution in [-0.2, 0) is 19.3 Å². The normalized spacial score (nSPS) is 31.1. The van der Waals surface area contributed by atoms with Crippen LogP contribution < -0.4 is 0 Å². The van der Waals surface area contributed by atoms with Crippen LogP contribution in [0.25, 0.3) is 0 Å². The number of esters is 1. The topological polar surface area (TPSA) is 44.8 Å². The first-order valence-electron chi connectivity index (χ1n) is 11.3. The molecule has 0 aromatic heterocycles. The lowest BCUT2D eigenvalue weighted by Crippen LogP contribution is -2.41. The summed E-state index contributed by atoms with van der Waals surface area (Å²) in [5.41, 5.74) is 3.16. The lowest BCUT2D eigenvalue weighted by molar-refractivity contribution is -0.411. The molecule has 1 saturated heterocycles. The fraction of sp³-hybridized carbons (Fsp3) is 0.800. The van der Waals surface area contributed by atoms with E-state index in [-0.39, 0.29) is 23.6 Å². The van der Waals surface area contributed by atoms with Crippen LogP contribution in [0.15, 0.2) is 23.3 Å². The molecule has 2 rings (SSSR count). The van der Waals surface area contributed by atoms with Crippen LogP contribution in [0.4, 0.5) is 0 Å². The molecule has 4 unspecified atom stereocenters. The molecule has 1 aliphatic heterocycles. The Hall–Kier alpha value is -1.13. The molecule has 4 atom stereocenters. The van der Waals surface area contributed by atoms with Gasteiger partial charge in [-0.2, -0.15) is 0 Å². The lowest BCUT2D eigenvalue weighted by atomic mass is 9.67. The third-order valence-corrected chi connectivity index (χ3v) is 7.19. The molecule has 0 bridgehead atoms. The zero-order chi connectivity index (χ0) is 21.7. The third-order valence-electron chi connectivity index (χ3n) is 7.19. The zero-order valence-electron chi connectivity index (χ0n) is 19.7. The molecule has 4 heteroatoms. The van der Waals surface area contributed by atoms with Gasteiger partial charge < -0.3 is 4.74 Å². The quantitative estimate of drug-likeness (QED) is 0.260. The average Bonchev–Trinajstić information content (AvgIpc) is 2.66. The van der Waals surface area contributed by atoms with Crippen molar-refractivity contribution in [2.24, 2.45) is 17.3 Å². The molecule has 0 amide bonds. The molecule has 1 aliphatic carbocycles. The van der Waals surface area contributed by atoms with Crippen LogP contribution in [0.2, 0.25) is 0 Å². The standard InChI is InChI=1S/C25H42O4/c1-18(12-13-21-19(2)11-9-15-24(21,4)5)10-8-16-25(6)17-14-22(28-29-25)20(3)23(26)27-7/h11-12,20-22H,8-10,13-17H2,1-7H3. The van der Waals surface area contributed by atoms with Crippen LogP contribution in [0, 0.1) is 17.3 Å². The number of carbonyl (C=O) groups excluding carboxylic acids is 1. The number of rotatable bonds is 8. The van der Waals surface area contributed by atoms with E-state index in [1.165, 1.54) is 25.5 Å². The molecule has 0 N–H and O–H groups in total. The third kappa shape index (κ3) is 6.68. The zero-order valence-corrected chi connectivity index (χ0v) is 19.7. The van der Waals surface area contributed by atoms with Crippen molar-refractivity contribution in [3.63, 3.8) is 0 Å². The van der Waals surface area contributed by atoms with Crippen molar-refractivity contribution in [2.45, 2.75) is 105 Å². The van der Waals surface area contributed by atoms with Gasteiger partial charge >= 0.3 is 5.97 Å². The first kappa shape index (κ1) is 24.1. The molecule has 1 heterocycles. The molecule has 0 aromatic rings. The molecule has 0 aromatic carbocycles. The largest absolute Gasteiger partial charge is 0.469 e. The first-order valence-corrected chi connectivity index (χ1v) is 11.3. The van der Waals surface area contributed by atoms with E-state index in [1.54, 1.807) is 5.57 Å². The highest BCUT2D eigenvalue weighted by Crippen LogP contribution is 2.43. The van der Waals surface area contributed by atoms with Crippen molar-refractivity contribution in [1.29, 1.82) is 0 Å². The second kappa shape index (κ2) is 10.3. The van der Waals surface area contributed by atoms with E-state index in [0.717, 1.165) is 38.5 Å². The monoisotopic (exact) mass is 406 g/mol. The number of methoxy groups -OCH3 is 1. The Balaban J connectivity index is 1.76. The highest BCUT2D eigenvalue weighted by molar-refractivity contribution is 5.72. The van der Waals surface area contributed by atoms with Crippen LogP contribution in [0.1, 0.15) is 92.9 Å². The summed E-state index contributed by atoms with van der Waals surface area (Å²) in [7, 11) is 1.41. The highest BCUT2D eigenvalue weighted by Gasteiger charge is 2.38. The maximum Gasteiger partial charge on any atom is 0.311 e. The average molecular weight is 407 g/mol.